The number of methoxy groups -OCH3 is 3. The van der Waals surface area contributed by atoms with Crippen molar-refractivity contribution in [3.8, 4) is 17.2 Å². The van der Waals surface area contributed by atoms with Gasteiger partial charge in [0.25, 0.3) is 0 Å². The summed E-state index contributed by atoms with van der Waals surface area (Å²) in [6.07, 6.45) is 0.439. The van der Waals surface area contributed by atoms with Gasteiger partial charge in [-0.15, -0.1) is 0 Å². The molecule has 0 saturated carbocycles. The Labute approximate surface area is 213 Å². The maximum atomic E-state index is 13.2. The van der Waals surface area contributed by atoms with E-state index in [-0.39, 0.29) is 25.2 Å². The Kier molecular flexibility index (Phi) is 7.59. The summed E-state index contributed by atoms with van der Waals surface area (Å²) in [6, 6.07) is 12.1. The normalized spacial score (nSPS) is 15.1. The average Bonchev–Trinajstić information content (AvgIpc) is 3.32. The molecule has 1 aromatic heterocycles. The van der Waals surface area contributed by atoms with E-state index in [4.69, 9.17) is 35.9 Å². The van der Waals surface area contributed by atoms with Gasteiger partial charge in [-0.25, -0.2) is 9.99 Å². The molecule has 1 unspecified atom stereocenters. The van der Waals surface area contributed by atoms with Gasteiger partial charge in [0, 0.05) is 36.3 Å². The standard InChI is InChI=1S/C26H26ClN3O6/c1-34-16-10-11-17(22(13-16)36-3)19-14-20(30(29-19)23(31)8-5-9-24(32)33)26-18(27)12-15-6-4-7-21(35-2)25(15)28-26/h4,6-7,10-13,20H,5,8-9,14H2,1-3H3,(H,32,33). The zero-order chi connectivity index (χ0) is 25.8. The smallest absolute Gasteiger partial charge is 0.303 e. The molecular formula is C26H26ClN3O6. The van der Waals surface area contributed by atoms with Crippen molar-refractivity contribution in [3.05, 3.63) is 58.7 Å². The summed E-state index contributed by atoms with van der Waals surface area (Å²) < 4.78 is 16.3. The predicted octanol–water partition coefficient (Wildman–Crippen LogP) is 4.85. The number of nitrogens with zero attached hydrogens (tertiary/aromatic N) is 3. The lowest BCUT2D eigenvalue weighted by molar-refractivity contribution is -0.137. The van der Waals surface area contributed by atoms with Crippen LogP contribution in [0.4, 0.5) is 0 Å². The molecular weight excluding hydrogens is 486 g/mol. The van der Waals surface area contributed by atoms with Gasteiger partial charge in [-0.2, -0.15) is 5.10 Å². The van der Waals surface area contributed by atoms with E-state index in [0.717, 1.165) is 5.39 Å². The molecule has 0 radical (unpaired) electrons. The van der Waals surface area contributed by atoms with Gasteiger partial charge in [0.2, 0.25) is 5.91 Å². The van der Waals surface area contributed by atoms with Crippen LogP contribution in [0.1, 0.15) is 43.0 Å². The van der Waals surface area contributed by atoms with Gasteiger partial charge in [0.05, 0.1) is 37.8 Å². The van der Waals surface area contributed by atoms with Crippen molar-refractivity contribution in [2.45, 2.75) is 31.7 Å². The minimum absolute atomic E-state index is 0.0217. The van der Waals surface area contributed by atoms with Crippen LogP contribution < -0.4 is 14.2 Å². The van der Waals surface area contributed by atoms with Crippen molar-refractivity contribution in [1.82, 2.24) is 9.99 Å². The highest BCUT2D eigenvalue weighted by atomic mass is 35.5. The van der Waals surface area contributed by atoms with Gasteiger partial charge in [-0.05, 0) is 30.7 Å². The number of ether oxygens (including phenoxy) is 3. The number of pyridine rings is 1. The van der Waals surface area contributed by atoms with Crippen LogP contribution in [0.5, 0.6) is 17.2 Å². The topological polar surface area (TPSA) is 111 Å². The lowest BCUT2D eigenvalue weighted by Gasteiger charge is -2.22. The van der Waals surface area contributed by atoms with Crippen LogP contribution in [0.3, 0.4) is 0 Å². The third kappa shape index (κ3) is 5.06. The lowest BCUT2D eigenvalue weighted by Crippen LogP contribution is -2.27. The third-order valence-electron chi connectivity index (χ3n) is 5.99. The fourth-order valence-electron chi connectivity index (χ4n) is 4.22. The van der Waals surface area contributed by atoms with Crippen molar-refractivity contribution in [2.75, 3.05) is 21.3 Å². The highest BCUT2D eigenvalue weighted by Gasteiger charge is 2.36. The van der Waals surface area contributed by atoms with Crippen LogP contribution in [0.25, 0.3) is 10.9 Å². The van der Waals surface area contributed by atoms with Gasteiger partial charge in [0.1, 0.15) is 28.8 Å². The second kappa shape index (κ2) is 10.8. The molecule has 3 aromatic rings. The Morgan fingerprint density at radius 1 is 1.06 bits per heavy atom. The maximum absolute atomic E-state index is 13.2. The molecule has 0 saturated heterocycles. The van der Waals surface area contributed by atoms with Gasteiger partial charge >= 0.3 is 5.97 Å². The molecule has 2 heterocycles. The van der Waals surface area contributed by atoms with E-state index in [1.165, 1.54) is 5.01 Å². The summed E-state index contributed by atoms with van der Waals surface area (Å²) in [5.74, 6) is 0.478. The summed E-state index contributed by atoms with van der Waals surface area (Å²) in [6.45, 7) is 0. The van der Waals surface area contributed by atoms with E-state index in [1.807, 2.05) is 18.2 Å². The van der Waals surface area contributed by atoms with Crippen LogP contribution in [-0.4, -0.2) is 54.0 Å². The molecule has 1 aliphatic rings. The number of carboxylic acids is 1. The van der Waals surface area contributed by atoms with Crippen molar-refractivity contribution in [2.24, 2.45) is 5.10 Å². The number of aliphatic carboxylic acids is 1. The number of carbonyl (C=O) groups excluding carboxylic acids is 1. The van der Waals surface area contributed by atoms with E-state index in [2.05, 4.69) is 5.10 Å². The highest BCUT2D eigenvalue weighted by molar-refractivity contribution is 6.32. The molecule has 1 atom stereocenters. The monoisotopic (exact) mass is 511 g/mol. The molecule has 188 valence electrons. The Hall–Kier alpha value is -3.85. The molecule has 1 N–H and O–H groups in total. The van der Waals surface area contributed by atoms with Crippen LogP contribution in [0.2, 0.25) is 5.02 Å². The van der Waals surface area contributed by atoms with E-state index in [0.29, 0.717) is 51.2 Å². The zero-order valence-corrected chi connectivity index (χ0v) is 20.9. The number of hydrogen-bond acceptors (Lipinski definition) is 7. The molecule has 1 amide bonds. The number of rotatable bonds is 9. The summed E-state index contributed by atoms with van der Waals surface area (Å²) in [7, 11) is 4.68. The molecule has 2 aromatic carbocycles. The second-order valence-electron chi connectivity index (χ2n) is 8.21. The van der Waals surface area contributed by atoms with E-state index < -0.39 is 12.0 Å². The SMILES string of the molecule is COc1ccc(C2=NN(C(=O)CCCC(=O)O)C(c3nc4c(OC)cccc4cc3Cl)C2)c(OC)c1. The molecule has 10 heteroatoms. The van der Waals surface area contributed by atoms with E-state index in [9.17, 15) is 9.59 Å². The van der Waals surface area contributed by atoms with Crippen LogP contribution in [0.15, 0.2) is 47.6 Å². The maximum Gasteiger partial charge on any atom is 0.303 e. The minimum atomic E-state index is -0.959. The summed E-state index contributed by atoms with van der Waals surface area (Å²) in [5, 5.41) is 16.2. The first-order valence-electron chi connectivity index (χ1n) is 11.3. The molecule has 9 nitrogen and oxygen atoms in total. The number of benzene rings is 2. The summed E-state index contributed by atoms with van der Waals surface area (Å²) >= 11 is 6.68. The first-order chi connectivity index (χ1) is 17.4. The van der Waals surface area contributed by atoms with Gasteiger partial charge < -0.3 is 19.3 Å². The number of halogens is 1. The number of para-hydroxylation sites is 1. The number of fused-ring (bicyclic) bond motifs is 1. The van der Waals surface area contributed by atoms with Crippen molar-refractivity contribution >= 4 is 40.1 Å². The van der Waals surface area contributed by atoms with E-state index in [1.54, 1.807) is 45.6 Å². The van der Waals surface area contributed by atoms with Crippen molar-refractivity contribution < 1.29 is 28.9 Å². The van der Waals surface area contributed by atoms with Crippen LogP contribution in [-0.2, 0) is 9.59 Å². The Morgan fingerprint density at radius 2 is 1.83 bits per heavy atom. The first kappa shape index (κ1) is 25.2. The fraction of sp³-hybridized carbons (Fsp3) is 0.308. The molecule has 1 aliphatic heterocycles. The second-order valence-corrected chi connectivity index (χ2v) is 8.61. The van der Waals surface area contributed by atoms with Gasteiger partial charge in [0.15, 0.2) is 0 Å². The molecule has 0 bridgehead atoms. The molecule has 0 fully saturated rings. The number of aromatic nitrogens is 1. The molecule has 4 rings (SSSR count). The van der Waals surface area contributed by atoms with Gasteiger partial charge in [-0.3, -0.25) is 9.59 Å². The third-order valence-corrected chi connectivity index (χ3v) is 6.29. The zero-order valence-electron chi connectivity index (χ0n) is 20.2. The highest BCUT2D eigenvalue weighted by Crippen LogP contribution is 2.40. The largest absolute Gasteiger partial charge is 0.497 e. The number of carboxylic acid groups (broad SMARTS) is 1. The molecule has 36 heavy (non-hydrogen) atoms. The number of hydrazone groups is 1. The average molecular weight is 512 g/mol. The first-order valence-corrected chi connectivity index (χ1v) is 11.7. The van der Waals surface area contributed by atoms with Crippen LogP contribution in [0, 0.1) is 0 Å². The molecule has 0 spiro atoms. The fourth-order valence-corrected chi connectivity index (χ4v) is 4.50. The van der Waals surface area contributed by atoms with Crippen LogP contribution >= 0.6 is 11.6 Å². The van der Waals surface area contributed by atoms with Gasteiger partial charge in [-0.1, -0.05) is 23.7 Å². The summed E-state index contributed by atoms with van der Waals surface area (Å²) in [4.78, 5) is 29.0. The molecule has 0 aliphatic carbocycles. The van der Waals surface area contributed by atoms with Crippen molar-refractivity contribution in [1.29, 1.82) is 0 Å². The van der Waals surface area contributed by atoms with Crippen molar-refractivity contribution in [3.63, 3.8) is 0 Å². The quantitative estimate of drug-likeness (QED) is 0.437. The Balaban J connectivity index is 1.77. The number of amides is 1. The number of carbonyl (C=O) groups is 2. The minimum Gasteiger partial charge on any atom is -0.497 e. The predicted molar refractivity (Wildman–Crippen MR) is 135 cm³/mol. The van der Waals surface area contributed by atoms with E-state index >= 15 is 0 Å². The Bertz CT molecular complexity index is 1340. The summed E-state index contributed by atoms with van der Waals surface area (Å²) in [5.41, 5.74) is 2.42. The number of hydrogen-bond donors (Lipinski definition) is 1. The lowest BCUT2D eigenvalue weighted by atomic mass is 9.99. The Morgan fingerprint density at radius 3 is 2.53 bits per heavy atom.